The van der Waals surface area contributed by atoms with E-state index in [2.05, 4.69) is 21.8 Å². The van der Waals surface area contributed by atoms with Crippen LogP contribution in [0.25, 0.3) is 17.0 Å². The Morgan fingerprint density at radius 3 is 2.87 bits per heavy atom. The fraction of sp³-hybridized carbons (Fsp3) is 0.174. The molecular weight excluding hydrogens is 383 g/mol. The number of hydrogen-bond acceptors (Lipinski definition) is 4. The standard InChI is InChI=1S/C23H17FN4O2/c1-23(30,20-4-2-3-7-26-20)6-5-13-10-17-16(11-18(13)24)14-8-15(9-14)28-12-19(21(25)29)27-22(17)28/h2-4,7-8,10-12,15,30H,9H2,1H3,(H2,25,29)/t15?,23-/m1/s1. The molecule has 3 aliphatic rings. The van der Waals surface area contributed by atoms with Crippen molar-refractivity contribution in [2.24, 2.45) is 5.73 Å². The van der Waals surface area contributed by atoms with Crippen LogP contribution >= 0.6 is 0 Å². The molecule has 2 bridgehead atoms. The van der Waals surface area contributed by atoms with Crippen molar-refractivity contribution in [1.82, 2.24) is 14.5 Å². The van der Waals surface area contributed by atoms with E-state index in [1.54, 1.807) is 36.7 Å². The van der Waals surface area contributed by atoms with Crippen molar-refractivity contribution >= 4 is 11.5 Å². The Morgan fingerprint density at radius 1 is 1.37 bits per heavy atom. The summed E-state index contributed by atoms with van der Waals surface area (Å²) in [6, 6.07) is 8.25. The summed E-state index contributed by atoms with van der Waals surface area (Å²) in [6.07, 6.45) is 5.95. The third-order valence-electron chi connectivity index (χ3n) is 5.46. The third kappa shape index (κ3) is 2.81. The number of allylic oxidation sites excluding steroid dienone is 2. The van der Waals surface area contributed by atoms with E-state index in [1.807, 2.05) is 10.6 Å². The van der Waals surface area contributed by atoms with Crippen LogP contribution in [0.2, 0.25) is 0 Å². The van der Waals surface area contributed by atoms with Gasteiger partial charge in [-0.25, -0.2) is 9.37 Å². The highest BCUT2D eigenvalue weighted by molar-refractivity contribution is 5.93. The molecule has 1 unspecified atom stereocenters. The first-order chi connectivity index (χ1) is 14.3. The van der Waals surface area contributed by atoms with Crippen LogP contribution in [0.4, 0.5) is 4.39 Å². The van der Waals surface area contributed by atoms with Crippen LogP contribution in [0.15, 0.2) is 48.8 Å². The summed E-state index contributed by atoms with van der Waals surface area (Å²) >= 11 is 0. The van der Waals surface area contributed by atoms with Crippen molar-refractivity contribution in [3.63, 3.8) is 0 Å². The molecule has 4 heterocycles. The van der Waals surface area contributed by atoms with Gasteiger partial charge in [-0.2, -0.15) is 0 Å². The van der Waals surface area contributed by atoms with E-state index in [4.69, 9.17) is 5.73 Å². The summed E-state index contributed by atoms with van der Waals surface area (Å²) in [5, 5.41) is 10.7. The van der Waals surface area contributed by atoms with E-state index in [0.717, 1.165) is 17.6 Å². The molecule has 0 spiro atoms. The minimum absolute atomic E-state index is 0.0606. The number of carbonyl (C=O) groups is 1. The zero-order valence-corrected chi connectivity index (χ0v) is 16.1. The molecule has 3 aromatic rings. The van der Waals surface area contributed by atoms with Gasteiger partial charge in [-0.15, -0.1) is 0 Å². The van der Waals surface area contributed by atoms with E-state index in [9.17, 15) is 14.3 Å². The number of rotatable bonds is 2. The lowest BCUT2D eigenvalue weighted by Gasteiger charge is -2.24. The number of carbonyl (C=O) groups excluding carboxylic acids is 1. The molecule has 2 aromatic heterocycles. The molecule has 3 N–H and O–H groups in total. The number of nitrogens with zero attached hydrogens (tertiary/aromatic N) is 3. The van der Waals surface area contributed by atoms with Gasteiger partial charge in [0.2, 0.25) is 0 Å². The molecule has 1 aliphatic carbocycles. The van der Waals surface area contributed by atoms with Gasteiger partial charge in [-0.1, -0.05) is 24.0 Å². The lowest BCUT2D eigenvalue weighted by atomic mass is 9.86. The largest absolute Gasteiger partial charge is 0.372 e. The Morgan fingerprint density at radius 2 is 2.17 bits per heavy atom. The third-order valence-corrected chi connectivity index (χ3v) is 5.46. The molecule has 2 aliphatic heterocycles. The maximum Gasteiger partial charge on any atom is 0.268 e. The molecule has 1 amide bonds. The Kier molecular flexibility index (Phi) is 3.88. The van der Waals surface area contributed by atoms with Gasteiger partial charge in [-0.3, -0.25) is 9.78 Å². The summed E-state index contributed by atoms with van der Waals surface area (Å²) in [4.78, 5) is 20.1. The van der Waals surface area contributed by atoms with Gasteiger partial charge >= 0.3 is 0 Å². The van der Waals surface area contributed by atoms with Gasteiger partial charge in [0.25, 0.3) is 5.91 Å². The Hall–Kier alpha value is -3.76. The van der Waals surface area contributed by atoms with Gasteiger partial charge in [0, 0.05) is 18.0 Å². The van der Waals surface area contributed by atoms with Crippen molar-refractivity contribution < 1.29 is 14.3 Å². The summed E-state index contributed by atoms with van der Waals surface area (Å²) < 4.78 is 16.7. The first kappa shape index (κ1) is 18.3. The van der Waals surface area contributed by atoms with Crippen LogP contribution in [0.3, 0.4) is 0 Å². The molecule has 0 fully saturated rings. The predicted molar refractivity (Wildman–Crippen MR) is 108 cm³/mol. The minimum Gasteiger partial charge on any atom is -0.372 e. The number of imidazole rings is 1. The maximum atomic E-state index is 14.9. The number of nitrogens with two attached hydrogens (primary N) is 1. The zero-order valence-electron chi connectivity index (χ0n) is 16.1. The lowest BCUT2D eigenvalue weighted by molar-refractivity contribution is 0.0995. The molecule has 0 saturated heterocycles. The highest BCUT2D eigenvalue weighted by atomic mass is 19.1. The Balaban J connectivity index is 1.63. The normalized spacial score (nSPS) is 17.8. The average molecular weight is 400 g/mol. The molecule has 2 atom stereocenters. The monoisotopic (exact) mass is 400 g/mol. The molecule has 0 saturated carbocycles. The van der Waals surface area contributed by atoms with Crippen LogP contribution in [-0.4, -0.2) is 25.5 Å². The molecule has 0 radical (unpaired) electrons. The van der Waals surface area contributed by atoms with Gasteiger partial charge in [-0.05, 0) is 48.7 Å². The second-order valence-corrected chi connectivity index (χ2v) is 7.60. The Bertz CT molecular complexity index is 1300. The van der Waals surface area contributed by atoms with E-state index < -0.39 is 17.3 Å². The van der Waals surface area contributed by atoms with Gasteiger partial charge in [0.1, 0.15) is 17.3 Å². The number of aromatic nitrogens is 3. The molecule has 7 heteroatoms. The fourth-order valence-electron chi connectivity index (χ4n) is 3.79. The van der Waals surface area contributed by atoms with Gasteiger partial charge in [0.05, 0.1) is 17.3 Å². The minimum atomic E-state index is -1.54. The highest BCUT2D eigenvalue weighted by Gasteiger charge is 2.33. The van der Waals surface area contributed by atoms with Gasteiger partial charge in [0.15, 0.2) is 5.60 Å². The lowest BCUT2D eigenvalue weighted by Crippen LogP contribution is -2.20. The van der Waals surface area contributed by atoms with Crippen molar-refractivity contribution in [2.75, 3.05) is 0 Å². The van der Waals surface area contributed by atoms with E-state index in [1.165, 1.54) is 13.0 Å². The number of aliphatic hydroxyl groups is 1. The highest BCUT2D eigenvalue weighted by Crippen LogP contribution is 2.47. The first-order valence-electron chi connectivity index (χ1n) is 9.44. The second kappa shape index (κ2) is 6.37. The van der Waals surface area contributed by atoms with Crippen LogP contribution in [0, 0.1) is 17.7 Å². The van der Waals surface area contributed by atoms with Crippen molar-refractivity contribution in [3.05, 3.63) is 77.1 Å². The molecule has 6 nitrogen and oxygen atoms in total. The SMILES string of the molecule is C[C@@](O)(C#Cc1cc2c(cc1F)C1=CC(C1)n1cc(C(N)=O)nc1-2)c1ccccn1. The predicted octanol–water partition coefficient (Wildman–Crippen LogP) is 2.78. The summed E-state index contributed by atoms with van der Waals surface area (Å²) in [5.74, 6) is 4.90. The zero-order chi connectivity index (χ0) is 21.0. The molecule has 148 valence electrons. The quantitative estimate of drug-likeness (QED) is 0.647. The average Bonchev–Trinajstić information content (AvgIpc) is 3.03. The van der Waals surface area contributed by atoms with Crippen molar-refractivity contribution in [1.29, 1.82) is 0 Å². The van der Waals surface area contributed by atoms with Crippen LogP contribution in [-0.2, 0) is 5.60 Å². The summed E-state index contributed by atoms with van der Waals surface area (Å²) in [7, 11) is 0. The van der Waals surface area contributed by atoms with Crippen molar-refractivity contribution in [3.8, 4) is 23.2 Å². The maximum absolute atomic E-state index is 14.9. The number of benzene rings is 1. The Labute approximate surface area is 171 Å². The number of amides is 1. The fourth-order valence-corrected chi connectivity index (χ4v) is 3.79. The van der Waals surface area contributed by atoms with E-state index in [-0.39, 0.29) is 17.3 Å². The number of hydrogen-bond donors (Lipinski definition) is 2. The number of primary amides is 1. The van der Waals surface area contributed by atoms with E-state index in [0.29, 0.717) is 17.1 Å². The molecule has 30 heavy (non-hydrogen) atoms. The van der Waals surface area contributed by atoms with Crippen LogP contribution < -0.4 is 5.73 Å². The summed E-state index contributed by atoms with van der Waals surface area (Å²) in [5.41, 5.74) is 6.96. The van der Waals surface area contributed by atoms with Crippen molar-refractivity contribution in [2.45, 2.75) is 25.0 Å². The smallest absolute Gasteiger partial charge is 0.268 e. The molecular formula is C23H17FN4O2. The van der Waals surface area contributed by atoms with Gasteiger partial charge < -0.3 is 15.4 Å². The molecule has 6 rings (SSSR count). The first-order valence-corrected chi connectivity index (χ1v) is 9.44. The van der Waals surface area contributed by atoms with Crippen LogP contribution in [0.5, 0.6) is 0 Å². The summed E-state index contributed by atoms with van der Waals surface area (Å²) in [6.45, 7) is 1.51. The van der Waals surface area contributed by atoms with E-state index >= 15 is 0 Å². The number of halogens is 1. The topological polar surface area (TPSA) is 94.0 Å². The second-order valence-electron chi connectivity index (χ2n) is 7.60. The number of pyridine rings is 1. The molecule has 1 aromatic carbocycles. The van der Waals surface area contributed by atoms with Crippen LogP contribution in [0.1, 0.15) is 46.7 Å².